The van der Waals surface area contributed by atoms with E-state index in [-0.39, 0.29) is 11.8 Å². The Balaban J connectivity index is 1.14. The van der Waals surface area contributed by atoms with Crippen molar-refractivity contribution in [2.45, 2.75) is 38.6 Å². The minimum Gasteiger partial charge on any atom is -0.348 e. The van der Waals surface area contributed by atoms with Crippen molar-refractivity contribution in [2.24, 2.45) is 0 Å². The second kappa shape index (κ2) is 10.1. The molecule has 2 amide bonds. The lowest BCUT2D eigenvalue weighted by atomic mass is 9.89. The molecule has 1 aliphatic rings. The fourth-order valence-electron chi connectivity index (χ4n) is 4.59. The number of rotatable bonds is 6. The number of pyridine rings is 2. The maximum atomic E-state index is 12.8. The lowest BCUT2D eigenvalue weighted by Crippen LogP contribution is -2.38. The highest BCUT2D eigenvalue weighted by atomic mass is 16.2. The summed E-state index contributed by atoms with van der Waals surface area (Å²) in [7, 11) is 0. The van der Waals surface area contributed by atoms with Crippen LogP contribution in [0.15, 0.2) is 73.3 Å². The third-order valence-corrected chi connectivity index (χ3v) is 6.79. The third kappa shape index (κ3) is 5.09. The van der Waals surface area contributed by atoms with Crippen LogP contribution in [0.25, 0.3) is 5.65 Å². The topological polar surface area (TPSA) is 79.6 Å². The first-order valence-corrected chi connectivity index (χ1v) is 12.1. The summed E-state index contributed by atoms with van der Waals surface area (Å²) in [6, 6.07) is 15.6. The monoisotopic (exact) mass is 467 g/mol. The first-order chi connectivity index (χ1) is 17.1. The Morgan fingerprint density at radius 2 is 1.77 bits per heavy atom. The van der Waals surface area contributed by atoms with Crippen LogP contribution in [0.2, 0.25) is 0 Å². The van der Waals surface area contributed by atoms with Crippen molar-refractivity contribution in [2.75, 3.05) is 13.1 Å². The predicted octanol–water partition coefficient (Wildman–Crippen LogP) is 4.24. The van der Waals surface area contributed by atoms with Crippen molar-refractivity contribution in [3.63, 3.8) is 0 Å². The molecule has 178 valence electrons. The summed E-state index contributed by atoms with van der Waals surface area (Å²) >= 11 is 0. The molecule has 4 heterocycles. The summed E-state index contributed by atoms with van der Waals surface area (Å²) in [6.45, 7) is 3.95. The van der Waals surface area contributed by atoms with E-state index in [2.05, 4.69) is 22.2 Å². The minimum absolute atomic E-state index is 0.00465. The molecule has 5 rings (SSSR count). The SMILES string of the molecule is CCc1ccc(C(=O)N2CCC(c3ccc(C(=O)NCc4ccn5ccnc5c4)cc3)CC2)nc1. The van der Waals surface area contributed by atoms with Crippen LogP contribution in [0.5, 0.6) is 0 Å². The van der Waals surface area contributed by atoms with E-state index in [0.717, 1.165) is 36.0 Å². The number of imidazole rings is 1. The first kappa shape index (κ1) is 22.8. The van der Waals surface area contributed by atoms with Crippen molar-refractivity contribution in [1.29, 1.82) is 0 Å². The number of amides is 2. The van der Waals surface area contributed by atoms with Gasteiger partial charge in [-0.05, 0) is 72.2 Å². The van der Waals surface area contributed by atoms with Crippen LogP contribution in [0.1, 0.15) is 63.2 Å². The molecule has 0 unspecified atom stereocenters. The van der Waals surface area contributed by atoms with Gasteiger partial charge in [-0.1, -0.05) is 25.1 Å². The first-order valence-electron chi connectivity index (χ1n) is 12.1. The second-order valence-electron chi connectivity index (χ2n) is 9.00. The predicted molar refractivity (Wildman–Crippen MR) is 134 cm³/mol. The number of hydrogen-bond donors (Lipinski definition) is 1. The molecular formula is C28H29N5O2. The van der Waals surface area contributed by atoms with Gasteiger partial charge in [-0.2, -0.15) is 0 Å². The Bertz CT molecular complexity index is 1320. The summed E-state index contributed by atoms with van der Waals surface area (Å²) in [5, 5.41) is 2.99. The number of nitrogens with zero attached hydrogens (tertiary/aromatic N) is 4. The molecule has 1 aromatic carbocycles. The van der Waals surface area contributed by atoms with Crippen LogP contribution >= 0.6 is 0 Å². The molecule has 3 aromatic heterocycles. The molecule has 0 aliphatic carbocycles. The fraction of sp³-hybridized carbons (Fsp3) is 0.286. The quantitative estimate of drug-likeness (QED) is 0.460. The molecule has 0 radical (unpaired) electrons. The smallest absolute Gasteiger partial charge is 0.272 e. The van der Waals surface area contributed by atoms with Crippen LogP contribution in [0, 0.1) is 0 Å². The Kier molecular flexibility index (Phi) is 6.57. The van der Waals surface area contributed by atoms with Gasteiger partial charge < -0.3 is 14.6 Å². The zero-order chi connectivity index (χ0) is 24.2. The van der Waals surface area contributed by atoms with Crippen molar-refractivity contribution in [3.8, 4) is 0 Å². The van der Waals surface area contributed by atoms with E-state index < -0.39 is 0 Å². The zero-order valence-corrected chi connectivity index (χ0v) is 19.9. The number of carbonyl (C=O) groups excluding carboxylic acids is 2. The highest BCUT2D eigenvalue weighted by Crippen LogP contribution is 2.28. The highest BCUT2D eigenvalue weighted by Gasteiger charge is 2.25. The number of piperidine rings is 1. The Morgan fingerprint density at radius 1 is 0.971 bits per heavy atom. The molecule has 1 fully saturated rings. The fourth-order valence-corrected chi connectivity index (χ4v) is 4.59. The number of likely N-dealkylation sites (tertiary alicyclic amines) is 1. The Morgan fingerprint density at radius 3 is 2.49 bits per heavy atom. The van der Waals surface area contributed by atoms with Gasteiger partial charge in [0.25, 0.3) is 11.8 Å². The van der Waals surface area contributed by atoms with Crippen LogP contribution < -0.4 is 5.32 Å². The van der Waals surface area contributed by atoms with Crippen LogP contribution in [-0.4, -0.2) is 44.2 Å². The van der Waals surface area contributed by atoms with Gasteiger partial charge in [-0.15, -0.1) is 0 Å². The maximum absolute atomic E-state index is 12.8. The largest absolute Gasteiger partial charge is 0.348 e. The molecule has 1 N–H and O–H groups in total. The van der Waals surface area contributed by atoms with E-state index >= 15 is 0 Å². The second-order valence-corrected chi connectivity index (χ2v) is 9.00. The van der Waals surface area contributed by atoms with Gasteiger partial charge in [0.1, 0.15) is 11.3 Å². The van der Waals surface area contributed by atoms with Gasteiger partial charge in [0.2, 0.25) is 0 Å². The highest BCUT2D eigenvalue weighted by molar-refractivity contribution is 5.94. The van der Waals surface area contributed by atoms with Gasteiger partial charge in [0, 0.05) is 50.0 Å². The van der Waals surface area contributed by atoms with Gasteiger partial charge in [0.05, 0.1) is 0 Å². The number of nitrogens with one attached hydrogen (secondary N) is 1. The van der Waals surface area contributed by atoms with Crippen molar-refractivity contribution < 1.29 is 9.59 Å². The summed E-state index contributed by atoms with van der Waals surface area (Å²) in [5.41, 5.74) is 5.37. The van der Waals surface area contributed by atoms with E-state index in [4.69, 9.17) is 0 Å². The average molecular weight is 468 g/mol. The van der Waals surface area contributed by atoms with Crippen LogP contribution in [0.4, 0.5) is 0 Å². The van der Waals surface area contributed by atoms with Crippen molar-refractivity contribution in [3.05, 3.63) is 101 Å². The average Bonchev–Trinajstić information content (AvgIpc) is 3.39. The van der Waals surface area contributed by atoms with E-state index in [1.807, 2.05) is 70.2 Å². The Labute approximate surface area is 204 Å². The van der Waals surface area contributed by atoms with E-state index in [1.165, 1.54) is 5.56 Å². The normalized spacial score (nSPS) is 14.3. The summed E-state index contributed by atoms with van der Waals surface area (Å²) in [6.07, 6.45) is 10.1. The summed E-state index contributed by atoms with van der Waals surface area (Å²) < 4.78 is 1.94. The standard InChI is InChI=1S/C28H29N5O2/c1-2-20-3-8-25(30-18-20)28(35)33-14-10-23(11-15-33)22-4-6-24(7-5-22)27(34)31-19-21-9-13-32-16-12-29-26(32)17-21/h3-9,12-13,16-18,23H,2,10-11,14-15,19H2,1H3,(H,31,34). The summed E-state index contributed by atoms with van der Waals surface area (Å²) in [4.78, 5) is 35.9. The number of carbonyl (C=O) groups is 2. The molecule has 4 aromatic rings. The van der Waals surface area contributed by atoms with Gasteiger partial charge in [-0.3, -0.25) is 14.6 Å². The number of fused-ring (bicyclic) bond motifs is 1. The number of benzene rings is 1. The van der Waals surface area contributed by atoms with Gasteiger partial charge in [0.15, 0.2) is 0 Å². The number of aromatic nitrogens is 3. The van der Waals surface area contributed by atoms with Crippen molar-refractivity contribution in [1.82, 2.24) is 24.6 Å². The molecule has 7 nitrogen and oxygen atoms in total. The third-order valence-electron chi connectivity index (χ3n) is 6.79. The molecule has 1 saturated heterocycles. The van der Waals surface area contributed by atoms with Crippen molar-refractivity contribution >= 4 is 17.5 Å². The lowest BCUT2D eigenvalue weighted by molar-refractivity contribution is 0.0706. The van der Waals surface area contributed by atoms with E-state index in [0.29, 0.717) is 36.8 Å². The molecule has 0 spiro atoms. The molecule has 0 bridgehead atoms. The van der Waals surface area contributed by atoms with Crippen LogP contribution in [0.3, 0.4) is 0 Å². The van der Waals surface area contributed by atoms with E-state index in [9.17, 15) is 9.59 Å². The number of hydrogen-bond acceptors (Lipinski definition) is 4. The zero-order valence-electron chi connectivity index (χ0n) is 19.9. The van der Waals surface area contributed by atoms with E-state index in [1.54, 1.807) is 12.4 Å². The van der Waals surface area contributed by atoms with Gasteiger partial charge in [-0.25, -0.2) is 4.98 Å². The molecule has 0 saturated carbocycles. The lowest BCUT2D eigenvalue weighted by Gasteiger charge is -2.32. The minimum atomic E-state index is -0.0956. The number of aryl methyl sites for hydroxylation is 1. The summed E-state index contributed by atoms with van der Waals surface area (Å²) in [5.74, 6) is 0.291. The van der Waals surface area contributed by atoms with Gasteiger partial charge >= 0.3 is 0 Å². The molecule has 1 aliphatic heterocycles. The maximum Gasteiger partial charge on any atom is 0.272 e. The molecule has 7 heteroatoms. The Hall–Kier alpha value is -4.00. The molecular weight excluding hydrogens is 438 g/mol. The van der Waals surface area contributed by atoms with Crippen LogP contribution in [-0.2, 0) is 13.0 Å². The molecule has 35 heavy (non-hydrogen) atoms. The molecule has 0 atom stereocenters.